The maximum atomic E-state index is 14.5. The molecule has 7 atom stereocenters. The van der Waals surface area contributed by atoms with Gasteiger partial charge in [-0.05, 0) is 92.0 Å². The summed E-state index contributed by atoms with van der Waals surface area (Å²) in [6.45, 7) is 3.48. The van der Waals surface area contributed by atoms with Crippen LogP contribution in [-0.4, -0.2) is 133 Å². The van der Waals surface area contributed by atoms with Crippen molar-refractivity contribution >= 4 is 29.7 Å². The van der Waals surface area contributed by atoms with Crippen molar-refractivity contribution in [2.24, 2.45) is 28.7 Å². The van der Waals surface area contributed by atoms with E-state index in [0.29, 0.717) is 62.0 Å². The van der Waals surface area contributed by atoms with E-state index in [1.54, 1.807) is 14.0 Å². The second-order valence-corrected chi connectivity index (χ2v) is 18.6. The van der Waals surface area contributed by atoms with Gasteiger partial charge in [0.25, 0.3) is 0 Å². The van der Waals surface area contributed by atoms with Crippen molar-refractivity contribution in [1.82, 2.24) is 4.90 Å². The number of ether oxygens (including phenoxy) is 5. The highest BCUT2D eigenvalue weighted by Crippen LogP contribution is 2.58. The van der Waals surface area contributed by atoms with Crippen LogP contribution in [0.5, 0.6) is 17.2 Å². The number of Topliss-reactive ketones (excluding diaryl/α,β-unsaturated/α-hetero) is 1. The smallest absolute Gasteiger partial charge is 0.375 e. The highest BCUT2D eigenvalue weighted by Gasteiger charge is 2.55. The minimum Gasteiger partial charge on any atom is -0.492 e. The van der Waals surface area contributed by atoms with Gasteiger partial charge in [-0.1, -0.05) is 17.7 Å². The van der Waals surface area contributed by atoms with Gasteiger partial charge in [0.1, 0.15) is 34.7 Å². The molecule has 0 unspecified atom stereocenters. The van der Waals surface area contributed by atoms with Gasteiger partial charge < -0.3 is 54.1 Å². The van der Waals surface area contributed by atoms with Gasteiger partial charge in [-0.3, -0.25) is 14.6 Å². The summed E-state index contributed by atoms with van der Waals surface area (Å²) >= 11 is 0. The average molecular weight is 897 g/mol. The summed E-state index contributed by atoms with van der Waals surface area (Å²) < 4.78 is 31.0. The standard InChI is InChI=1S/C50H60N2O13/c1-3-62-49(59)48-37(24-56)42-31-14-33(23-55)44(58)35(16-31)34-15-30-7-9-51-40(30)17-29(34)6-5-27(21-53)26-63-46-36-18-41(64-45(36)38(25-57)47(65-48)43(42)46)50(60)19-28(22-54)13-32-20-52(10-4-12-61-2)11-8-39(32)50/h7,13,15,17,24,27,32-33,35,39,41,53-55,57,60H,3-6,8-12,14,16,18-23,25-26H2,1-2H3/b42-31-/t27-,32+,33+,35+,39-,41-,50+/m0/s1. The molecule has 5 aliphatic heterocycles. The first-order valence-corrected chi connectivity index (χ1v) is 23.2. The summed E-state index contributed by atoms with van der Waals surface area (Å²) in [6, 6.07) is 4.00. The molecule has 1 saturated heterocycles. The fourth-order valence-corrected chi connectivity index (χ4v) is 11.7. The molecule has 0 radical (unpaired) electrons. The zero-order valence-corrected chi connectivity index (χ0v) is 37.2. The lowest BCUT2D eigenvalue weighted by Crippen LogP contribution is -2.59. The number of esters is 1. The highest BCUT2D eigenvalue weighted by molar-refractivity contribution is 6.11. The predicted octanol–water partition coefficient (Wildman–Crippen LogP) is 1.78. The van der Waals surface area contributed by atoms with Crippen LogP contribution in [0, 0.1) is 23.7 Å². The van der Waals surface area contributed by atoms with Crippen LogP contribution in [0.2, 0.25) is 0 Å². The molecule has 2 aromatic carbocycles. The SMILES string of the molecule is CCOC(=O)C1=C(C=O)/C2=C3\C[C@H](CO)C(=O)[C@H](C3)c3cc4c(cc3CC[C@@H](CO)COc3c5c(c(CO)c(c32)O1)O[C@H]([C@@]1(O)CC(CO)=C[C@@H]2CN(CCCOC)CC[C@@H]21)C5)=NCC=4. The number of aliphatic hydroxyl groups is 5. The van der Waals surface area contributed by atoms with Crippen molar-refractivity contribution in [2.45, 2.75) is 82.5 Å². The largest absolute Gasteiger partial charge is 0.492 e. The van der Waals surface area contributed by atoms with Crippen LogP contribution in [0.15, 0.2) is 45.7 Å². The Kier molecular flexibility index (Phi) is 13.2. The van der Waals surface area contributed by atoms with Gasteiger partial charge in [0.05, 0.1) is 61.6 Å². The number of carbonyl (C=O) groups is 3. The summed E-state index contributed by atoms with van der Waals surface area (Å²) in [5.74, 6) is -3.32. The number of aldehydes is 1. The molecule has 0 aromatic heterocycles. The van der Waals surface area contributed by atoms with Crippen LogP contribution >= 0.6 is 0 Å². The third-order valence-electron chi connectivity index (χ3n) is 14.9. The number of hydrogen-bond acceptors (Lipinski definition) is 15. The zero-order valence-electron chi connectivity index (χ0n) is 37.2. The molecule has 2 fully saturated rings. The van der Waals surface area contributed by atoms with Gasteiger partial charge in [0.2, 0.25) is 5.76 Å². The summed E-state index contributed by atoms with van der Waals surface area (Å²) in [4.78, 5) is 49.0. The maximum Gasteiger partial charge on any atom is 0.375 e. The zero-order chi connectivity index (χ0) is 45.6. The fraction of sp³-hybridized carbons (Fsp3) is 0.560. The number of hydrogen-bond donors (Lipinski definition) is 5. The molecule has 2 aromatic rings. The quantitative estimate of drug-likeness (QED) is 0.0890. The van der Waals surface area contributed by atoms with E-state index in [0.717, 1.165) is 41.2 Å². The number of benzene rings is 2. The van der Waals surface area contributed by atoms with Gasteiger partial charge >= 0.3 is 5.97 Å². The molecule has 1 saturated carbocycles. The number of aliphatic hydroxyl groups excluding tert-OH is 4. The Morgan fingerprint density at radius 3 is 2.65 bits per heavy atom. The summed E-state index contributed by atoms with van der Waals surface area (Å²) in [6.07, 6.45) is 6.73. The number of rotatable bonds is 12. The Morgan fingerprint density at radius 2 is 1.91 bits per heavy atom. The Balaban J connectivity index is 1.24. The number of fused-ring (bicyclic) bond motifs is 8. The fourth-order valence-electron chi connectivity index (χ4n) is 11.7. The first kappa shape index (κ1) is 45.4. The van der Waals surface area contributed by atoms with E-state index in [1.165, 1.54) is 0 Å². The van der Waals surface area contributed by atoms with Crippen molar-refractivity contribution < 1.29 is 63.6 Å². The predicted molar refractivity (Wildman–Crippen MR) is 236 cm³/mol. The van der Waals surface area contributed by atoms with Crippen LogP contribution in [0.25, 0.3) is 11.6 Å². The topological polar surface area (TPSA) is 214 Å². The number of nitrogens with zero attached hydrogens (tertiary/aromatic N) is 2. The molecule has 348 valence electrons. The molecule has 2 bridgehead atoms. The van der Waals surface area contributed by atoms with E-state index >= 15 is 0 Å². The summed E-state index contributed by atoms with van der Waals surface area (Å²) in [5, 5.41) is 58.4. The lowest BCUT2D eigenvalue weighted by atomic mass is 9.64. The lowest BCUT2D eigenvalue weighted by molar-refractivity contribution is -0.141. The normalized spacial score (nSPS) is 29.3. The third-order valence-corrected chi connectivity index (χ3v) is 14.9. The van der Waals surface area contributed by atoms with Crippen LogP contribution in [0.1, 0.15) is 79.2 Å². The van der Waals surface area contributed by atoms with Crippen molar-refractivity contribution in [3.05, 3.63) is 79.1 Å². The molecule has 7 aliphatic rings. The molecular weight excluding hydrogens is 837 g/mol. The van der Waals surface area contributed by atoms with Crippen LogP contribution in [-0.2, 0) is 43.3 Å². The molecule has 9 rings (SSSR count). The molecule has 5 heterocycles. The van der Waals surface area contributed by atoms with Crippen molar-refractivity contribution in [3.63, 3.8) is 0 Å². The first-order chi connectivity index (χ1) is 31.6. The maximum absolute atomic E-state index is 14.5. The Labute approximate surface area is 377 Å². The second-order valence-electron chi connectivity index (χ2n) is 18.6. The van der Waals surface area contributed by atoms with Crippen LogP contribution < -0.4 is 24.8 Å². The van der Waals surface area contributed by atoms with Gasteiger partial charge in [0, 0.05) is 81.1 Å². The molecule has 15 heteroatoms. The van der Waals surface area contributed by atoms with Gasteiger partial charge in [-0.25, -0.2) is 4.79 Å². The van der Waals surface area contributed by atoms with E-state index in [2.05, 4.69) is 16.0 Å². The number of ketones is 1. The molecule has 2 aliphatic carbocycles. The Morgan fingerprint density at radius 1 is 1.06 bits per heavy atom. The molecular formula is C50H60N2O13. The molecule has 15 nitrogen and oxygen atoms in total. The first-order valence-electron chi connectivity index (χ1n) is 23.2. The van der Waals surface area contributed by atoms with Crippen molar-refractivity contribution in [1.29, 1.82) is 0 Å². The Bertz CT molecular complexity index is 2480. The van der Waals surface area contributed by atoms with E-state index < -0.39 is 54.4 Å². The molecule has 65 heavy (non-hydrogen) atoms. The Hall–Kier alpha value is -4.74. The van der Waals surface area contributed by atoms with Crippen LogP contribution in [0.3, 0.4) is 0 Å². The lowest BCUT2D eigenvalue weighted by Gasteiger charge is -2.50. The molecule has 0 spiro atoms. The van der Waals surface area contributed by atoms with E-state index in [9.17, 15) is 39.9 Å². The van der Waals surface area contributed by atoms with Gasteiger partial charge in [-0.15, -0.1) is 0 Å². The van der Waals surface area contributed by atoms with E-state index in [-0.39, 0.29) is 109 Å². The van der Waals surface area contributed by atoms with E-state index in [4.69, 9.17) is 23.7 Å². The average Bonchev–Trinajstić information content (AvgIpc) is 3.98. The number of piperidine rings is 1. The minimum atomic E-state index is -1.46. The van der Waals surface area contributed by atoms with Gasteiger partial charge in [-0.2, -0.15) is 0 Å². The summed E-state index contributed by atoms with van der Waals surface area (Å²) in [7, 11) is 1.68. The van der Waals surface area contributed by atoms with Crippen molar-refractivity contribution in [3.8, 4) is 17.2 Å². The highest BCUT2D eigenvalue weighted by atomic mass is 16.6. The molecule has 0 amide bonds. The van der Waals surface area contributed by atoms with Crippen LogP contribution in [0.4, 0.5) is 0 Å². The number of allylic oxidation sites excluding steroid dienone is 3. The monoisotopic (exact) mass is 896 g/mol. The second kappa shape index (κ2) is 18.9. The number of carbonyl (C=O) groups excluding carboxylic acids is 3. The minimum absolute atomic E-state index is 0.00530. The third kappa shape index (κ3) is 8.06. The van der Waals surface area contributed by atoms with Gasteiger partial charge in [0.15, 0.2) is 6.29 Å². The number of methoxy groups -OCH3 is 1. The summed E-state index contributed by atoms with van der Waals surface area (Å²) in [5.41, 5.74) is 2.63. The molecule has 5 N–H and O–H groups in total. The number of likely N-dealkylation sites (tertiary alicyclic amines) is 1. The van der Waals surface area contributed by atoms with Crippen molar-refractivity contribution in [2.75, 3.05) is 72.9 Å². The number of aryl methyl sites for hydroxylation is 1. The van der Waals surface area contributed by atoms with E-state index in [1.807, 2.05) is 18.2 Å².